The van der Waals surface area contributed by atoms with E-state index in [1.807, 2.05) is 72.5 Å². The van der Waals surface area contributed by atoms with Crippen LogP contribution in [-0.2, 0) is 22.5 Å². The Morgan fingerprint density at radius 2 is 1.79 bits per heavy atom. The molecule has 1 aliphatic rings. The topological polar surface area (TPSA) is 74.9 Å². The third-order valence-electron chi connectivity index (χ3n) is 6.93. The number of benzene rings is 3. The number of carbonyl (C=O) groups is 2. The lowest BCUT2D eigenvalue weighted by molar-refractivity contribution is -0.139. The van der Waals surface area contributed by atoms with E-state index < -0.39 is 0 Å². The molecule has 1 fully saturated rings. The summed E-state index contributed by atoms with van der Waals surface area (Å²) < 4.78 is 10.8. The van der Waals surface area contributed by atoms with Gasteiger partial charge in [-0.05, 0) is 54.8 Å². The highest BCUT2D eigenvalue weighted by Gasteiger charge is 2.35. The normalized spacial score (nSPS) is 15.7. The molecule has 1 aliphatic heterocycles. The van der Waals surface area contributed by atoms with Gasteiger partial charge in [0.15, 0.2) is 0 Å². The van der Waals surface area contributed by atoms with Gasteiger partial charge in [-0.3, -0.25) is 9.59 Å². The van der Waals surface area contributed by atoms with E-state index in [0.717, 1.165) is 33.3 Å². The minimum absolute atomic E-state index is 0.0442. The third-order valence-corrected chi connectivity index (χ3v) is 6.93. The van der Waals surface area contributed by atoms with Crippen LogP contribution in [0.5, 0.6) is 5.75 Å². The molecule has 0 aliphatic carbocycles. The van der Waals surface area contributed by atoms with E-state index in [-0.39, 0.29) is 24.4 Å². The Bertz CT molecular complexity index is 1420. The molecule has 196 valence electrons. The number of fused-ring (bicyclic) bond motifs is 1. The number of rotatable bonds is 9. The molecule has 0 bridgehead atoms. The van der Waals surface area contributed by atoms with Crippen molar-refractivity contribution >= 4 is 22.7 Å². The number of ether oxygens (including phenoxy) is 2. The van der Waals surface area contributed by atoms with Gasteiger partial charge in [-0.1, -0.05) is 54.1 Å². The van der Waals surface area contributed by atoms with E-state index >= 15 is 0 Å². The Kier molecular flexibility index (Phi) is 7.75. The summed E-state index contributed by atoms with van der Waals surface area (Å²) in [5, 5.41) is 0.992. The lowest BCUT2D eigenvalue weighted by Gasteiger charge is -2.41. The summed E-state index contributed by atoms with van der Waals surface area (Å²) in [5.74, 6) is 0.524. The predicted octanol–water partition coefficient (Wildman–Crippen LogP) is 4.60. The molecular weight excluding hydrogens is 478 g/mol. The number of aromatic amines is 1. The molecule has 7 nitrogen and oxygen atoms in total. The first kappa shape index (κ1) is 25.5. The molecule has 1 atom stereocenters. The minimum Gasteiger partial charge on any atom is -0.491 e. The second-order valence-electron chi connectivity index (χ2n) is 9.81. The molecule has 1 N–H and O–H groups in total. The standard InChI is InChI=1S/C31H33N3O4/c1-22-11-12-28-25(15-22)18-29(32-28)31(36)33-20-26(16-23-7-4-3-5-8-23)34(30(35)21-33)19-24-9-6-10-27(17-24)38-14-13-37-2/h3-12,15,17-18,26,32H,13-14,16,19-21H2,1-2H3/t26-/m0/s1. The summed E-state index contributed by atoms with van der Waals surface area (Å²) in [6.45, 7) is 3.95. The minimum atomic E-state index is -0.160. The molecule has 38 heavy (non-hydrogen) atoms. The van der Waals surface area contributed by atoms with Crippen LogP contribution < -0.4 is 4.74 Å². The number of aryl methyl sites for hydroxylation is 1. The predicted molar refractivity (Wildman–Crippen MR) is 147 cm³/mol. The van der Waals surface area contributed by atoms with Gasteiger partial charge in [-0.25, -0.2) is 0 Å². The molecule has 2 heterocycles. The van der Waals surface area contributed by atoms with E-state index in [0.29, 0.717) is 38.4 Å². The summed E-state index contributed by atoms with van der Waals surface area (Å²) in [4.78, 5) is 33.9. The van der Waals surface area contributed by atoms with Crippen LogP contribution in [0.1, 0.15) is 27.2 Å². The van der Waals surface area contributed by atoms with Crippen molar-refractivity contribution in [2.24, 2.45) is 0 Å². The number of aromatic nitrogens is 1. The first-order valence-electron chi connectivity index (χ1n) is 12.9. The average molecular weight is 512 g/mol. The maximum absolute atomic E-state index is 13.5. The smallest absolute Gasteiger partial charge is 0.270 e. The fourth-order valence-corrected chi connectivity index (χ4v) is 5.02. The van der Waals surface area contributed by atoms with Gasteiger partial charge < -0.3 is 24.3 Å². The second-order valence-corrected chi connectivity index (χ2v) is 9.81. The van der Waals surface area contributed by atoms with E-state index in [4.69, 9.17) is 9.47 Å². The van der Waals surface area contributed by atoms with Crippen LogP contribution in [0.3, 0.4) is 0 Å². The van der Waals surface area contributed by atoms with Crippen molar-refractivity contribution in [3.8, 4) is 5.75 Å². The zero-order valence-electron chi connectivity index (χ0n) is 21.9. The van der Waals surface area contributed by atoms with Crippen LogP contribution in [0.2, 0.25) is 0 Å². The van der Waals surface area contributed by atoms with Crippen LogP contribution in [0, 0.1) is 6.92 Å². The molecule has 1 aromatic heterocycles. The summed E-state index contributed by atoms with van der Waals surface area (Å²) in [5.41, 5.74) is 4.67. The molecule has 5 rings (SSSR count). The molecule has 1 saturated heterocycles. The quantitative estimate of drug-likeness (QED) is 0.334. The van der Waals surface area contributed by atoms with Crippen molar-refractivity contribution in [3.63, 3.8) is 0 Å². The van der Waals surface area contributed by atoms with Gasteiger partial charge in [0.05, 0.1) is 12.6 Å². The average Bonchev–Trinajstić information content (AvgIpc) is 3.34. The number of nitrogens with zero attached hydrogens (tertiary/aromatic N) is 2. The van der Waals surface area contributed by atoms with Crippen molar-refractivity contribution in [2.45, 2.75) is 25.9 Å². The van der Waals surface area contributed by atoms with E-state index in [1.54, 1.807) is 12.0 Å². The summed E-state index contributed by atoms with van der Waals surface area (Å²) in [6, 6.07) is 25.7. The molecule has 4 aromatic rings. The molecule has 3 aromatic carbocycles. The van der Waals surface area contributed by atoms with Gasteiger partial charge in [-0.2, -0.15) is 0 Å². The zero-order chi connectivity index (χ0) is 26.5. The lowest BCUT2D eigenvalue weighted by Crippen LogP contribution is -2.58. The van der Waals surface area contributed by atoms with Crippen molar-refractivity contribution < 1.29 is 19.1 Å². The van der Waals surface area contributed by atoms with Crippen molar-refractivity contribution in [1.29, 1.82) is 0 Å². The van der Waals surface area contributed by atoms with Gasteiger partial charge >= 0.3 is 0 Å². The summed E-state index contributed by atoms with van der Waals surface area (Å²) in [7, 11) is 1.64. The van der Waals surface area contributed by atoms with Crippen LogP contribution in [0.15, 0.2) is 78.9 Å². The summed E-state index contributed by atoms with van der Waals surface area (Å²) >= 11 is 0. The Labute approximate surface area is 223 Å². The highest BCUT2D eigenvalue weighted by molar-refractivity contribution is 6.00. The molecule has 0 spiro atoms. The lowest BCUT2D eigenvalue weighted by atomic mass is 10.0. The first-order valence-corrected chi connectivity index (χ1v) is 12.9. The first-order chi connectivity index (χ1) is 18.5. The summed E-state index contributed by atoms with van der Waals surface area (Å²) in [6.07, 6.45) is 0.659. The fraction of sp³-hybridized carbons (Fsp3) is 0.290. The number of piperazine rings is 1. The van der Waals surface area contributed by atoms with Crippen LogP contribution in [0.4, 0.5) is 0 Å². The highest BCUT2D eigenvalue weighted by atomic mass is 16.5. The van der Waals surface area contributed by atoms with Gasteiger partial charge in [0, 0.05) is 31.1 Å². The SMILES string of the molecule is COCCOc1cccc(CN2C(=O)CN(C(=O)c3cc4cc(C)ccc4[nH]3)C[C@@H]2Cc2ccccc2)c1. The van der Waals surface area contributed by atoms with Crippen molar-refractivity contribution in [1.82, 2.24) is 14.8 Å². The number of methoxy groups -OCH3 is 1. The van der Waals surface area contributed by atoms with E-state index in [2.05, 4.69) is 23.2 Å². The number of H-pyrrole nitrogens is 1. The molecular formula is C31H33N3O4. The van der Waals surface area contributed by atoms with Gasteiger partial charge in [0.2, 0.25) is 5.91 Å². The van der Waals surface area contributed by atoms with Crippen LogP contribution in [0.25, 0.3) is 10.9 Å². The maximum Gasteiger partial charge on any atom is 0.270 e. The van der Waals surface area contributed by atoms with E-state index in [1.165, 1.54) is 0 Å². The van der Waals surface area contributed by atoms with Crippen LogP contribution in [-0.4, -0.2) is 66.1 Å². The Hall–Kier alpha value is -4.10. The largest absolute Gasteiger partial charge is 0.491 e. The number of nitrogens with one attached hydrogen (secondary N) is 1. The maximum atomic E-state index is 13.5. The van der Waals surface area contributed by atoms with Gasteiger partial charge in [-0.15, -0.1) is 0 Å². The number of amides is 2. The Morgan fingerprint density at radius 1 is 0.974 bits per heavy atom. The highest BCUT2D eigenvalue weighted by Crippen LogP contribution is 2.24. The fourth-order valence-electron chi connectivity index (χ4n) is 5.02. The third kappa shape index (κ3) is 5.89. The van der Waals surface area contributed by atoms with Crippen molar-refractivity contribution in [2.75, 3.05) is 33.4 Å². The van der Waals surface area contributed by atoms with Crippen molar-refractivity contribution in [3.05, 3.63) is 101 Å². The molecule has 0 saturated carbocycles. The molecule has 0 radical (unpaired) electrons. The Morgan fingerprint density at radius 3 is 2.61 bits per heavy atom. The molecule has 2 amide bonds. The second kappa shape index (κ2) is 11.5. The van der Waals surface area contributed by atoms with Crippen LogP contribution >= 0.6 is 0 Å². The number of carbonyl (C=O) groups excluding carboxylic acids is 2. The Balaban J connectivity index is 1.37. The van der Waals surface area contributed by atoms with Gasteiger partial charge in [0.1, 0.15) is 24.6 Å². The monoisotopic (exact) mass is 511 g/mol. The zero-order valence-corrected chi connectivity index (χ0v) is 21.9. The molecule has 7 heteroatoms. The number of hydrogen-bond donors (Lipinski definition) is 1. The number of hydrogen-bond acceptors (Lipinski definition) is 4. The van der Waals surface area contributed by atoms with E-state index in [9.17, 15) is 9.59 Å². The van der Waals surface area contributed by atoms with Gasteiger partial charge in [0.25, 0.3) is 5.91 Å². The molecule has 0 unspecified atom stereocenters.